The number of methoxy groups -OCH3 is 2. The van der Waals surface area contributed by atoms with Gasteiger partial charge < -0.3 is 14.8 Å². The number of ether oxygens (including phenoxy) is 2. The van der Waals surface area contributed by atoms with Gasteiger partial charge in [0, 0.05) is 10.5 Å². The zero-order valence-corrected chi connectivity index (χ0v) is 18.8. The minimum atomic E-state index is -3.64. The summed E-state index contributed by atoms with van der Waals surface area (Å²) in [7, 11) is -0.541. The highest BCUT2D eigenvalue weighted by molar-refractivity contribution is 7.98. The van der Waals surface area contributed by atoms with Crippen LogP contribution in [0.4, 0.5) is 5.69 Å². The van der Waals surface area contributed by atoms with Crippen LogP contribution in [0, 0.1) is 0 Å². The third-order valence-electron chi connectivity index (χ3n) is 4.31. The van der Waals surface area contributed by atoms with Crippen molar-refractivity contribution in [1.29, 1.82) is 0 Å². The van der Waals surface area contributed by atoms with E-state index >= 15 is 0 Å². The van der Waals surface area contributed by atoms with Crippen molar-refractivity contribution in [2.75, 3.05) is 37.6 Å². The van der Waals surface area contributed by atoms with Crippen molar-refractivity contribution in [3.05, 3.63) is 48.0 Å². The van der Waals surface area contributed by atoms with Crippen molar-refractivity contribution in [3.63, 3.8) is 0 Å². The topological polar surface area (TPSA) is 84.9 Å². The van der Waals surface area contributed by atoms with Crippen LogP contribution in [0.2, 0.25) is 0 Å². The van der Waals surface area contributed by atoms with Gasteiger partial charge in [-0.05, 0) is 49.6 Å². The van der Waals surface area contributed by atoms with E-state index in [-0.39, 0.29) is 6.54 Å². The predicted molar refractivity (Wildman–Crippen MR) is 117 cm³/mol. The number of sulfonamides is 1. The van der Waals surface area contributed by atoms with E-state index in [9.17, 15) is 13.2 Å². The van der Waals surface area contributed by atoms with Gasteiger partial charge in [-0.25, -0.2) is 8.42 Å². The van der Waals surface area contributed by atoms with Gasteiger partial charge in [-0.15, -0.1) is 11.8 Å². The fraction of sp³-hybridized carbons (Fsp3) is 0.350. The highest BCUT2D eigenvalue weighted by Crippen LogP contribution is 2.29. The molecule has 0 aliphatic rings. The van der Waals surface area contributed by atoms with E-state index in [2.05, 4.69) is 5.32 Å². The molecule has 2 aromatic carbocycles. The zero-order chi connectivity index (χ0) is 21.6. The molecule has 0 aliphatic carbocycles. The Morgan fingerprint density at radius 1 is 1.17 bits per heavy atom. The number of hydrogen-bond acceptors (Lipinski definition) is 6. The van der Waals surface area contributed by atoms with Gasteiger partial charge in [0.2, 0.25) is 15.9 Å². The average Bonchev–Trinajstić information content (AvgIpc) is 2.70. The number of carbonyl (C=O) groups is 1. The number of carbonyl (C=O) groups excluding carboxylic acids is 1. The molecule has 0 aromatic heterocycles. The van der Waals surface area contributed by atoms with E-state index in [0.717, 1.165) is 21.0 Å². The van der Waals surface area contributed by atoms with Crippen molar-refractivity contribution in [1.82, 2.24) is 5.32 Å². The summed E-state index contributed by atoms with van der Waals surface area (Å²) in [5.41, 5.74) is 1.18. The van der Waals surface area contributed by atoms with Gasteiger partial charge in [-0.3, -0.25) is 9.10 Å². The van der Waals surface area contributed by atoms with Crippen LogP contribution in [-0.2, 0) is 14.8 Å². The minimum Gasteiger partial charge on any atom is -0.497 e. The molecule has 0 aliphatic heterocycles. The SMILES string of the molecule is COc1ccc(OC)c([C@@H](C)NC(=O)CN(c2cccc(SC)c2)S(C)(=O)=O)c1. The molecule has 0 fully saturated rings. The number of hydrogen-bond donors (Lipinski definition) is 1. The van der Waals surface area contributed by atoms with E-state index in [1.54, 1.807) is 57.5 Å². The Kier molecular flexibility index (Phi) is 7.80. The molecule has 1 atom stereocenters. The molecule has 29 heavy (non-hydrogen) atoms. The first-order valence-electron chi connectivity index (χ1n) is 8.82. The maximum absolute atomic E-state index is 12.7. The summed E-state index contributed by atoms with van der Waals surface area (Å²) < 4.78 is 36.3. The summed E-state index contributed by atoms with van der Waals surface area (Å²) in [6, 6.07) is 11.9. The van der Waals surface area contributed by atoms with Crippen LogP contribution in [0.15, 0.2) is 47.4 Å². The fourth-order valence-corrected chi connectivity index (χ4v) is 4.14. The number of nitrogens with one attached hydrogen (secondary N) is 1. The van der Waals surface area contributed by atoms with E-state index in [1.807, 2.05) is 12.3 Å². The molecule has 9 heteroatoms. The predicted octanol–water partition coefficient (Wildman–Crippen LogP) is 3.07. The van der Waals surface area contributed by atoms with Gasteiger partial charge in [0.15, 0.2) is 0 Å². The number of nitrogens with zero attached hydrogens (tertiary/aromatic N) is 1. The summed E-state index contributed by atoms with van der Waals surface area (Å²) >= 11 is 1.50. The summed E-state index contributed by atoms with van der Waals surface area (Å²) in [6.45, 7) is 1.47. The molecule has 0 radical (unpaired) electrons. The maximum atomic E-state index is 12.7. The van der Waals surface area contributed by atoms with Crippen LogP contribution in [0.25, 0.3) is 0 Å². The number of benzene rings is 2. The van der Waals surface area contributed by atoms with E-state index in [4.69, 9.17) is 9.47 Å². The van der Waals surface area contributed by atoms with Gasteiger partial charge in [-0.2, -0.15) is 0 Å². The first-order chi connectivity index (χ1) is 13.7. The Hall–Kier alpha value is -2.39. The molecule has 0 bridgehead atoms. The van der Waals surface area contributed by atoms with E-state index < -0.39 is 22.0 Å². The molecule has 1 amide bonds. The molecule has 0 heterocycles. The maximum Gasteiger partial charge on any atom is 0.241 e. The highest BCUT2D eigenvalue weighted by atomic mass is 32.2. The fourth-order valence-electron chi connectivity index (χ4n) is 2.84. The Labute approximate surface area is 176 Å². The van der Waals surface area contributed by atoms with Crippen molar-refractivity contribution in [2.24, 2.45) is 0 Å². The largest absolute Gasteiger partial charge is 0.497 e. The monoisotopic (exact) mass is 438 g/mol. The third kappa shape index (κ3) is 6.04. The second-order valence-corrected chi connectivity index (χ2v) is 9.15. The van der Waals surface area contributed by atoms with Gasteiger partial charge in [0.05, 0.1) is 32.2 Å². The summed E-state index contributed by atoms with van der Waals surface area (Å²) in [6.07, 6.45) is 2.99. The van der Waals surface area contributed by atoms with Gasteiger partial charge in [0.25, 0.3) is 0 Å². The molecule has 7 nitrogen and oxygen atoms in total. The summed E-state index contributed by atoms with van der Waals surface area (Å²) in [5, 5.41) is 2.84. The number of anilines is 1. The second-order valence-electron chi connectivity index (χ2n) is 6.37. The summed E-state index contributed by atoms with van der Waals surface area (Å²) in [4.78, 5) is 13.6. The van der Waals surface area contributed by atoms with Crippen LogP contribution < -0.4 is 19.1 Å². The molecule has 158 valence electrons. The lowest BCUT2D eigenvalue weighted by Crippen LogP contribution is -2.41. The lowest BCUT2D eigenvalue weighted by molar-refractivity contribution is -0.120. The third-order valence-corrected chi connectivity index (χ3v) is 6.18. The normalized spacial score (nSPS) is 12.2. The van der Waals surface area contributed by atoms with E-state index in [0.29, 0.717) is 17.2 Å². The van der Waals surface area contributed by atoms with Crippen LogP contribution in [0.1, 0.15) is 18.5 Å². The standard InChI is InChI=1S/C20H26N2O5S2/c1-14(18-12-16(26-2)9-10-19(18)27-3)21-20(23)13-22(29(5,24)25)15-7-6-8-17(11-15)28-4/h6-12,14H,13H2,1-5H3,(H,21,23)/t14-/m1/s1. The molecule has 0 unspecified atom stereocenters. The molecule has 1 N–H and O–H groups in total. The lowest BCUT2D eigenvalue weighted by Gasteiger charge is -2.24. The van der Waals surface area contributed by atoms with Gasteiger partial charge in [0.1, 0.15) is 18.0 Å². The van der Waals surface area contributed by atoms with Crippen LogP contribution in [0.3, 0.4) is 0 Å². The Morgan fingerprint density at radius 3 is 2.48 bits per heavy atom. The molecular weight excluding hydrogens is 412 g/mol. The zero-order valence-electron chi connectivity index (χ0n) is 17.1. The Bertz CT molecular complexity index is 963. The van der Waals surface area contributed by atoms with Crippen LogP contribution >= 0.6 is 11.8 Å². The van der Waals surface area contributed by atoms with Crippen molar-refractivity contribution < 1.29 is 22.7 Å². The molecule has 0 spiro atoms. The summed E-state index contributed by atoms with van der Waals surface area (Å²) in [5.74, 6) is 0.808. The Balaban J connectivity index is 2.22. The minimum absolute atomic E-state index is 0.326. The van der Waals surface area contributed by atoms with Crippen molar-refractivity contribution in [3.8, 4) is 11.5 Å². The molecule has 2 aromatic rings. The number of amides is 1. The number of thioether (sulfide) groups is 1. The number of rotatable bonds is 9. The van der Waals surface area contributed by atoms with Crippen molar-refractivity contribution in [2.45, 2.75) is 17.9 Å². The lowest BCUT2D eigenvalue weighted by atomic mass is 10.1. The van der Waals surface area contributed by atoms with Crippen LogP contribution in [0.5, 0.6) is 11.5 Å². The van der Waals surface area contributed by atoms with E-state index in [1.165, 1.54) is 11.8 Å². The molecule has 0 saturated carbocycles. The smallest absolute Gasteiger partial charge is 0.241 e. The van der Waals surface area contributed by atoms with Gasteiger partial charge >= 0.3 is 0 Å². The first-order valence-corrected chi connectivity index (χ1v) is 11.9. The molecule has 2 rings (SSSR count). The first kappa shape index (κ1) is 22.9. The molecular formula is C20H26N2O5S2. The van der Waals surface area contributed by atoms with Crippen LogP contribution in [-0.4, -0.2) is 47.6 Å². The Morgan fingerprint density at radius 2 is 1.90 bits per heavy atom. The quantitative estimate of drug-likeness (QED) is 0.606. The molecule has 0 saturated heterocycles. The highest BCUT2D eigenvalue weighted by Gasteiger charge is 2.23. The second kappa shape index (κ2) is 9.89. The average molecular weight is 439 g/mol. The van der Waals surface area contributed by atoms with Crippen molar-refractivity contribution >= 4 is 33.4 Å². The van der Waals surface area contributed by atoms with Gasteiger partial charge in [-0.1, -0.05) is 6.07 Å².